The molecule has 2 atom stereocenters. The van der Waals surface area contributed by atoms with Crippen LogP contribution in [0.25, 0.3) is 0 Å². The number of aromatic nitrogens is 2. The Bertz CT molecular complexity index is 526. The Kier molecular flexibility index (Phi) is 4.08. The van der Waals surface area contributed by atoms with Crippen molar-refractivity contribution in [1.29, 1.82) is 0 Å². The number of likely N-dealkylation sites (tertiary alicyclic amines) is 1. The Labute approximate surface area is 117 Å². The maximum atomic E-state index is 12.5. The van der Waals surface area contributed by atoms with Crippen molar-refractivity contribution in [3.05, 3.63) is 17.5 Å². The normalized spacial score (nSPS) is 22.2. The summed E-state index contributed by atoms with van der Waals surface area (Å²) in [7, 11) is 3.21. The van der Waals surface area contributed by atoms with E-state index in [-0.39, 0.29) is 12.0 Å². The zero-order valence-corrected chi connectivity index (χ0v) is 11.9. The van der Waals surface area contributed by atoms with Crippen LogP contribution < -0.4 is 0 Å². The maximum absolute atomic E-state index is 12.5. The van der Waals surface area contributed by atoms with Gasteiger partial charge in [-0.05, 0) is 12.5 Å². The summed E-state index contributed by atoms with van der Waals surface area (Å²) >= 11 is 0. The van der Waals surface area contributed by atoms with Crippen molar-refractivity contribution in [3.8, 4) is 0 Å². The molecule has 1 amide bonds. The van der Waals surface area contributed by atoms with Gasteiger partial charge in [-0.2, -0.15) is 5.10 Å². The van der Waals surface area contributed by atoms with E-state index in [0.717, 1.165) is 12.1 Å². The maximum Gasteiger partial charge on any atom is 0.326 e. The number of nitrogens with zero attached hydrogens (tertiary/aromatic N) is 3. The number of hydrogen-bond acceptors (Lipinski definition) is 4. The monoisotopic (exact) mass is 281 g/mol. The number of amides is 1. The third-order valence-electron chi connectivity index (χ3n) is 3.65. The molecule has 1 N–H and O–H groups in total. The number of methoxy groups -OCH3 is 1. The largest absolute Gasteiger partial charge is 0.480 e. The number of carbonyl (C=O) groups is 2. The fourth-order valence-electron chi connectivity index (χ4n) is 2.47. The van der Waals surface area contributed by atoms with E-state index in [1.54, 1.807) is 13.1 Å². The molecular formula is C13H19N3O4. The quantitative estimate of drug-likeness (QED) is 0.858. The first-order valence-electron chi connectivity index (χ1n) is 6.57. The summed E-state index contributed by atoms with van der Waals surface area (Å²) in [6, 6.07) is 0.869. The molecule has 0 aromatic carbocycles. The topological polar surface area (TPSA) is 84.7 Å². The number of carbonyl (C=O) groups excluding carboxylic acids is 1. The van der Waals surface area contributed by atoms with E-state index in [4.69, 9.17) is 4.74 Å². The van der Waals surface area contributed by atoms with E-state index in [1.165, 1.54) is 16.7 Å². The average molecular weight is 281 g/mol. The molecule has 0 radical (unpaired) electrons. The number of aryl methyl sites for hydroxylation is 2. The van der Waals surface area contributed by atoms with E-state index < -0.39 is 12.0 Å². The van der Waals surface area contributed by atoms with Gasteiger partial charge in [0, 0.05) is 27.1 Å². The van der Waals surface area contributed by atoms with Crippen molar-refractivity contribution in [2.24, 2.45) is 7.05 Å². The van der Waals surface area contributed by atoms with Gasteiger partial charge in [0.15, 0.2) is 0 Å². The van der Waals surface area contributed by atoms with Crippen LogP contribution in [-0.4, -0.2) is 57.5 Å². The molecule has 2 rings (SSSR count). The van der Waals surface area contributed by atoms with Gasteiger partial charge in [-0.25, -0.2) is 4.79 Å². The minimum Gasteiger partial charge on any atom is -0.480 e. The highest BCUT2D eigenvalue weighted by atomic mass is 16.5. The summed E-state index contributed by atoms with van der Waals surface area (Å²) in [6.45, 7) is 2.24. The first-order valence-corrected chi connectivity index (χ1v) is 6.57. The van der Waals surface area contributed by atoms with Gasteiger partial charge in [0.05, 0.1) is 11.8 Å². The summed E-state index contributed by atoms with van der Waals surface area (Å²) in [5.41, 5.74) is 1.22. The molecule has 1 fully saturated rings. The summed E-state index contributed by atoms with van der Waals surface area (Å²) in [6.07, 6.45) is 0.805. The first kappa shape index (κ1) is 14.5. The molecule has 1 aromatic rings. The zero-order valence-electron chi connectivity index (χ0n) is 11.9. The van der Waals surface area contributed by atoms with Crippen LogP contribution in [0.2, 0.25) is 0 Å². The lowest BCUT2D eigenvalue weighted by molar-refractivity contribution is -0.141. The Morgan fingerprint density at radius 2 is 2.25 bits per heavy atom. The molecule has 1 aliphatic heterocycles. The van der Waals surface area contributed by atoms with Crippen LogP contribution in [0, 0.1) is 0 Å². The van der Waals surface area contributed by atoms with Gasteiger partial charge < -0.3 is 14.7 Å². The molecule has 7 heteroatoms. The number of rotatable bonds is 4. The molecule has 1 aliphatic rings. The van der Waals surface area contributed by atoms with Crippen molar-refractivity contribution in [2.45, 2.75) is 31.9 Å². The Balaban J connectivity index is 2.26. The Morgan fingerprint density at radius 3 is 2.75 bits per heavy atom. The molecule has 0 saturated carbocycles. The van der Waals surface area contributed by atoms with Gasteiger partial charge in [-0.15, -0.1) is 0 Å². The molecular weight excluding hydrogens is 262 g/mol. The van der Waals surface area contributed by atoms with Gasteiger partial charge in [-0.3, -0.25) is 9.48 Å². The number of ether oxygens (including phenoxy) is 1. The number of aliphatic carboxylic acids is 1. The number of hydrogen-bond donors (Lipinski definition) is 1. The second-order valence-corrected chi connectivity index (χ2v) is 4.90. The molecule has 1 aromatic heterocycles. The minimum absolute atomic E-state index is 0.237. The Morgan fingerprint density at radius 1 is 1.55 bits per heavy atom. The highest BCUT2D eigenvalue weighted by Gasteiger charge is 2.40. The fraction of sp³-hybridized carbons (Fsp3) is 0.615. The third-order valence-corrected chi connectivity index (χ3v) is 3.65. The molecule has 7 nitrogen and oxygen atoms in total. The van der Waals surface area contributed by atoms with E-state index in [2.05, 4.69) is 5.10 Å². The predicted molar refractivity (Wildman–Crippen MR) is 70.5 cm³/mol. The molecule has 20 heavy (non-hydrogen) atoms. The lowest BCUT2D eigenvalue weighted by Gasteiger charge is -2.20. The van der Waals surface area contributed by atoms with Crippen LogP contribution in [0.3, 0.4) is 0 Å². The van der Waals surface area contributed by atoms with Crippen LogP contribution in [0.15, 0.2) is 6.07 Å². The van der Waals surface area contributed by atoms with Crippen molar-refractivity contribution < 1.29 is 19.4 Å². The van der Waals surface area contributed by atoms with Crippen molar-refractivity contribution in [3.63, 3.8) is 0 Å². The predicted octanol–water partition coefficient (Wildman–Crippen LogP) is 0.297. The highest BCUT2D eigenvalue weighted by Crippen LogP contribution is 2.23. The minimum atomic E-state index is -1.00. The summed E-state index contributed by atoms with van der Waals surface area (Å²) < 4.78 is 6.68. The standard InChI is InChI=1S/C13H19N3O4/c1-4-8-5-10(15(2)14-8)12(17)16-7-9(20-3)6-11(16)13(18)19/h5,9,11H,4,6-7H2,1-3H3,(H,18,19). The van der Waals surface area contributed by atoms with Gasteiger partial charge in [0.1, 0.15) is 11.7 Å². The van der Waals surface area contributed by atoms with Crippen LogP contribution in [0.4, 0.5) is 0 Å². The molecule has 0 bridgehead atoms. The van der Waals surface area contributed by atoms with Crippen molar-refractivity contribution in [1.82, 2.24) is 14.7 Å². The van der Waals surface area contributed by atoms with Gasteiger partial charge >= 0.3 is 5.97 Å². The lowest BCUT2D eigenvalue weighted by Crippen LogP contribution is -2.41. The molecule has 0 spiro atoms. The fourth-order valence-corrected chi connectivity index (χ4v) is 2.47. The zero-order chi connectivity index (χ0) is 14.9. The molecule has 2 heterocycles. The van der Waals surface area contributed by atoms with Crippen LogP contribution in [0.1, 0.15) is 29.5 Å². The SMILES string of the molecule is CCc1cc(C(=O)N2CC(OC)CC2C(=O)O)n(C)n1. The van der Waals surface area contributed by atoms with Crippen molar-refractivity contribution in [2.75, 3.05) is 13.7 Å². The summed E-state index contributed by atoms with van der Waals surface area (Å²) in [5, 5.41) is 13.5. The van der Waals surface area contributed by atoms with E-state index >= 15 is 0 Å². The molecule has 110 valence electrons. The summed E-state index contributed by atoms with van der Waals surface area (Å²) in [5.74, 6) is -1.32. The van der Waals surface area contributed by atoms with Gasteiger partial charge in [0.2, 0.25) is 0 Å². The molecule has 2 unspecified atom stereocenters. The van der Waals surface area contributed by atoms with E-state index in [1.807, 2.05) is 6.92 Å². The Hall–Kier alpha value is -1.89. The number of carboxylic acid groups (broad SMARTS) is 1. The van der Waals surface area contributed by atoms with Gasteiger partial charge in [0.25, 0.3) is 5.91 Å². The van der Waals surface area contributed by atoms with Crippen LogP contribution in [0.5, 0.6) is 0 Å². The molecule has 1 saturated heterocycles. The molecule has 0 aliphatic carbocycles. The second-order valence-electron chi connectivity index (χ2n) is 4.90. The lowest BCUT2D eigenvalue weighted by atomic mass is 10.2. The van der Waals surface area contributed by atoms with Crippen LogP contribution >= 0.6 is 0 Å². The summed E-state index contributed by atoms with van der Waals surface area (Å²) in [4.78, 5) is 25.2. The van der Waals surface area contributed by atoms with E-state index in [9.17, 15) is 14.7 Å². The van der Waals surface area contributed by atoms with Crippen LogP contribution in [-0.2, 0) is 23.0 Å². The number of carboxylic acids is 1. The third kappa shape index (κ3) is 2.53. The average Bonchev–Trinajstić information content (AvgIpc) is 3.01. The van der Waals surface area contributed by atoms with Crippen molar-refractivity contribution >= 4 is 11.9 Å². The van der Waals surface area contributed by atoms with E-state index in [0.29, 0.717) is 18.7 Å². The highest BCUT2D eigenvalue weighted by molar-refractivity contribution is 5.95. The second kappa shape index (κ2) is 5.62. The van der Waals surface area contributed by atoms with Gasteiger partial charge in [-0.1, -0.05) is 6.92 Å². The smallest absolute Gasteiger partial charge is 0.326 e. The first-order chi connectivity index (χ1) is 9.47.